The van der Waals surface area contributed by atoms with Crippen LogP contribution in [0.25, 0.3) is 0 Å². The number of hydrogen-bond donors (Lipinski definition) is 1. The van der Waals surface area contributed by atoms with Gasteiger partial charge in [0.05, 0.1) is 13.2 Å². The fourth-order valence-electron chi connectivity index (χ4n) is 3.48. The number of anilines is 1. The molecule has 0 aliphatic carbocycles. The van der Waals surface area contributed by atoms with Crippen LogP contribution in [0, 0.1) is 5.82 Å². The summed E-state index contributed by atoms with van der Waals surface area (Å²) in [6, 6.07) is 6.63. The van der Waals surface area contributed by atoms with Gasteiger partial charge in [-0.15, -0.1) is 0 Å². The average Bonchev–Trinajstić information content (AvgIpc) is 2.67. The van der Waals surface area contributed by atoms with Crippen LogP contribution in [0.2, 0.25) is 5.15 Å². The van der Waals surface area contributed by atoms with Crippen LogP contribution in [-0.2, 0) is 4.79 Å². The van der Waals surface area contributed by atoms with Crippen molar-refractivity contribution in [1.29, 1.82) is 0 Å². The fourth-order valence-corrected chi connectivity index (χ4v) is 3.65. The van der Waals surface area contributed by atoms with Gasteiger partial charge in [0.25, 0.3) is 0 Å². The zero-order valence-electron chi connectivity index (χ0n) is 15.3. The second-order valence-electron chi connectivity index (χ2n) is 6.65. The van der Waals surface area contributed by atoms with E-state index in [0.717, 1.165) is 0 Å². The molecular formula is C19H18ClF4N3O2. The molecule has 1 aliphatic heterocycles. The van der Waals surface area contributed by atoms with Crippen LogP contribution in [-0.4, -0.2) is 43.3 Å². The first-order chi connectivity index (χ1) is 13.7. The summed E-state index contributed by atoms with van der Waals surface area (Å²) >= 11 is 5.91. The van der Waals surface area contributed by atoms with Crippen molar-refractivity contribution in [2.45, 2.75) is 24.6 Å². The standard InChI is InChI=1S/C19H18ClF4N3O2/c1-29-16-3-2-11(8-14(16)21)13-5-7-27(12-4-6-25-17(20)9-12)10-15(13)26-18(28)19(22,23)24/h2-4,6,8-9,13,15H,5,7,10H2,1H3,(H,26,28). The molecule has 0 bridgehead atoms. The van der Waals surface area contributed by atoms with Crippen molar-refractivity contribution < 1.29 is 27.1 Å². The minimum Gasteiger partial charge on any atom is -0.494 e. The first-order valence-corrected chi connectivity index (χ1v) is 9.14. The molecule has 2 heterocycles. The molecule has 10 heteroatoms. The van der Waals surface area contributed by atoms with Gasteiger partial charge in [-0.05, 0) is 36.2 Å². The second kappa shape index (κ2) is 8.44. The lowest BCUT2D eigenvalue weighted by atomic mass is 9.84. The number of benzene rings is 1. The van der Waals surface area contributed by atoms with E-state index in [2.05, 4.69) is 10.3 Å². The SMILES string of the molecule is COc1ccc(C2CCN(c3ccnc(Cl)c3)CC2NC(=O)C(F)(F)F)cc1F. The van der Waals surface area contributed by atoms with Crippen molar-refractivity contribution >= 4 is 23.2 Å². The quantitative estimate of drug-likeness (QED) is 0.589. The number of carbonyl (C=O) groups is 1. The third-order valence-electron chi connectivity index (χ3n) is 4.87. The molecule has 1 saturated heterocycles. The van der Waals surface area contributed by atoms with Gasteiger partial charge in [-0.25, -0.2) is 9.37 Å². The third-order valence-corrected chi connectivity index (χ3v) is 5.07. The van der Waals surface area contributed by atoms with Crippen LogP contribution in [0.5, 0.6) is 5.75 Å². The summed E-state index contributed by atoms with van der Waals surface area (Å²) in [6.07, 6.45) is -3.13. The number of halogens is 5. The molecule has 1 amide bonds. The Morgan fingerprint density at radius 3 is 2.69 bits per heavy atom. The molecule has 29 heavy (non-hydrogen) atoms. The number of nitrogens with one attached hydrogen (secondary N) is 1. The van der Waals surface area contributed by atoms with Gasteiger partial charge in [0.15, 0.2) is 11.6 Å². The topological polar surface area (TPSA) is 54.5 Å². The van der Waals surface area contributed by atoms with Crippen LogP contribution in [0.15, 0.2) is 36.5 Å². The Labute approximate surface area is 169 Å². The van der Waals surface area contributed by atoms with Crippen LogP contribution in [0.1, 0.15) is 17.9 Å². The molecule has 1 aliphatic rings. The molecule has 3 rings (SSSR count). The number of methoxy groups -OCH3 is 1. The van der Waals surface area contributed by atoms with Crippen LogP contribution >= 0.6 is 11.6 Å². The average molecular weight is 432 g/mol. The Kier molecular flexibility index (Phi) is 6.16. The maximum atomic E-state index is 14.1. The number of pyridine rings is 1. The van der Waals surface area contributed by atoms with Crippen molar-refractivity contribution in [2.75, 3.05) is 25.1 Å². The minimum atomic E-state index is -5.02. The molecule has 5 nitrogen and oxygen atoms in total. The highest BCUT2D eigenvalue weighted by Gasteiger charge is 2.42. The lowest BCUT2D eigenvalue weighted by Crippen LogP contribution is -2.54. The molecule has 1 aromatic carbocycles. The summed E-state index contributed by atoms with van der Waals surface area (Å²) in [7, 11) is 1.32. The number of carbonyl (C=O) groups excluding carboxylic acids is 1. The highest BCUT2D eigenvalue weighted by molar-refractivity contribution is 6.29. The van der Waals surface area contributed by atoms with Crippen molar-refractivity contribution in [3.05, 3.63) is 53.1 Å². The van der Waals surface area contributed by atoms with E-state index in [9.17, 15) is 22.4 Å². The molecule has 0 radical (unpaired) electrons. The van der Waals surface area contributed by atoms with E-state index in [1.54, 1.807) is 18.2 Å². The number of aromatic nitrogens is 1. The van der Waals surface area contributed by atoms with Gasteiger partial charge in [0, 0.05) is 30.9 Å². The number of alkyl halides is 3. The third kappa shape index (κ3) is 4.90. The summed E-state index contributed by atoms with van der Waals surface area (Å²) in [5.74, 6) is -3.12. The van der Waals surface area contributed by atoms with Gasteiger partial charge in [-0.1, -0.05) is 17.7 Å². The normalized spacial score (nSPS) is 19.7. The molecule has 2 aromatic rings. The fraction of sp³-hybridized carbons (Fsp3) is 0.368. The molecule has 1 aromatic heterocycles. The summed E-state index contributed by atoms with van der Waals surface area (Å²) < 4.78 is 57.6. The summed E-state index contributed by atoms with van der Waals surface area (Å²) in [5.41, 5.74) is 1.17. The number of nitrogens with zero attached hydrogens (tertiary/aromatic N) is 2. The zero-order chi connectivity index (χ0) is 21.2. The molecule has 2 unspecified atom stereocenters. The van der Waals surface area contributed by atoms with E-state index in [-0.39, 0.29) is 17.4 Å². The van der Waals surface area contributed by atoms with E-state index in [1.165, 1.54) is 25.4 Å². The van der Waals surface area contributed by atoms with Crippen molar-refractivity contribution in [2.24, 2.45) is 0 Å². The summed E-state index contributed by atoms with van der Waals surface area (Å²) in [5, 5.41) is 2.31. The van der Waals surface area contributed by atoms with Gasteiger partial charge in [0.1, 0.15) is 5.15 Å². The Bertz CT molecular complexity index is 894. The van der Waals surface area contributed by atoms with Crippen LogP contribution in [0.4, 0.5) is 23.2 Å². The maximum absolute atomic E-state index is 14.1. The smallest absolute Gasteiger partial charge is 0.471 e. The van der Waals surface area contributed by atoms with Gasteiger partial charge in [0.2, 0.25) is 0 Å². The van der Waals surface area contributed by atoms with Crippen LogP contribution < -0.4 is 15.0 Å². The van der Waals surface area contributed by atoms with Gasteiger partial charge < -0.3 is 15.0 Å². The molecule has 2 atom stereocenters. The Morgan fingerprint density at radius 2 is 2.07 bits per heavy atom. The molecule has 156 valence electrons. The second-order valence-corrected chi connectivity index (χ2v) is 7.04. The predicted molar refractivity (Wildman–Crippen MR) is 99.8 cm³/mol. The van der Waals surface area contributed by atoms with E-state index >= 15 is 0 Å². The number of hydrogen-bond acceptors (Lipinski definition) is 4. The van der Waals surface area contributed by atoms with Gasteiger partial charge in [-0.3, -0.25) is 4.79 Å². The lowest BCUT2D eigenvalue weighted by Gasteiger charge is -2.40. The first kappa shape index (κ1) is 21.2. The molecular weight excluding hydrogens is 414 g/mol. The predicted octanol–water partition coefficient (Wildman–Crippen LogP) is 3.92. The Hall–Kier alpha value is -2.55. The zero-order valence-corrected chi connectivity index (χ0v) is 16.1. The molecule has 1 fully saturated rings. The van der Waals surface area contributed by atoms with Gasteiger partial charge >= 0.3 is 12.1 Å². The highest BCUT2D eigenvalue weighted by Crippen LogP contribution is 2.33. The monoisotopic (exact) mass is 431 g/mol. The van der Waals surface area contributed by atoms with Gasteiger partial charge in [-0.2, -0.15) is 13.2 Å². The Balaban J connectivity index is 1.89. The number of piperidine rings is 1. The summed E-state index contributed by atoms with van der Waals surface area (Å²) in [4.78, 5) is 17.3. The molecule has 0 spiro atoms. The van der Waals surface area contributed by atoms with E-state index in [0.29, 0.717) is 24.2 Å². The van der Waals surface area contributed by atoms with Crippen molar-refractivity contribution in [3.8, 4) is 5.75 Å². The highest BCUT2D eigenvalue weighted by atomic mass is 35.5. The van der Waals surface area contributed by atoms with E-state index < -0.39 is 29.9 Å². The van der Waals surface area contributed by atoms with E-state index in [4.69, 9.17) is 16.3 Å². The number of rotatable bonds is 4. The van der Waals surface area contributed by atoms with Crippen molar-refractivity contribution in [3.63, 3.8) is 0 Å². The number of amides is 1. The molecule has 0 saturated carbocycles. The maximum Gasteiger partial charge on any atom is 0.471 e. The lowest BCUT2D eigenvalue weighted by molar-refractivity contribution is -0.174. The first-order valence-electron chi connectivity index (χ1n) is 8.76. The largest absolute Gasteiger partial charge is 0.494 e. The van der Waals surface area contributed by atoms with Crippen molar-refractivity contribution in [1.82, 2.24) is 10.3 Å². The minimum absolute atomic E-state index is 0.0356. The van der Waals surface area contributed by atoms with E-state index in [1.807, 2.05) is 4.90 Å². The molecule has 1 N–H and O–H groups in total. The Morgan fingerprint density at radius 1 is 1.31 bits per heavy atom. The van der Waals surface area contributed by atoms with Crippen LogP contribution in [0.3, 0.4) is 0 Å². The summed E-state index contributed by atoms with van der Waals surface area (Å²) in [6.45, 7) is 0.581. The number of ether oxygens (including phenoxy) is 1.